The van der Waals surface area contributed by atoms with Gasteiger partial charge in [0.05, 0.1) is 23.6 Å². The Labute approximate surface area is 147 Å². The molecule has 1 saturated heterocycles. The molecule has 0 bridgehead atoms. The van der Waals surface area contributed by atoms with E-state index in [1.54, 1.807) is 12.1 Å². The lowest BCUT2D eigenvalue weighted by Crippen LogP contribution is -2.45. The standard InChI is InChI=1S/C19H23N3O3/c1-13-11-22(12-14(2)25-13)18-6-4-3-5-17(18)21-19(24)20-15-7-9-16(23)10-8-15/h3-10,13-14,23H,11-12H2,1-2H3,(H2,20,21,24). The van der Waals surface area contributed by atoms with Crippen molar-refractivity contribution in [3.05, 3.63) is 48.5 Å². The Hall–Kier alpha value is -2.73. The molecule has 0 aromatic heterocycles. The van der Waals surface area contributed by atoms with Crippen LogP contribution in [0.5, 0.6) is 5.75 Å². The van der Waals surface area contributed by atoms with Crippen LogP contribution in [0.3, 0.4) is 0 Å². The van der Waals surface area contributed by atoms with Gasteiger partial charge in [-0.2, -0.15) is 0 Å². The van der Waals surface area contributed by atoms with E-state index < -0.39 is 0 Å². The van der Waals surface area contributed by atoms with Crippen molar-refractivity contribution in [2.24, 2.45) is 0 Å². The number of hydrogen-bond acceptors (Lipinski definition) is 4. The largest absolute Gasteiger partial charge is 0.508 e. The van der Waals surface area contributed by atoms with E-state index in [1.807, 2.05) is 24.3 Å². The number of phenols is 1. The smallest absolute Gasteiger partial charge is 0.323 e. The molecule has 0 spiro atoms. The molecule has 1 fully saturated rings. The number of rotatable bonds is 3. The first kappa shape index (κ1) is 17.1. The van der Waals surface area contributed by atoms with Crippen molar-refractivity contribution in [3.8, 4) is 5.75 Å². The predicted octanol–water partition coefficient (Wildman–Crippen LogP) is 3.65. The van der Waals surface area contributed by atoms with E-state index in [0.29, 0.717) is 5.69 Å². The number of aromatic hydroxyl groups is 1. The minimum atomic E-state index is -0.326. The first-order valence-electron chi connectivity index (χ1n) is 8.38. The van der Waals surface area contributed by atoms with E-state index in [-0.39, 0.29) is 24.0 Å². The summed E-state index contributed by atoms with van der Waals surface area (Å²) in [6.45, 7) is 5.66. The zero-order chi connectivity index (χ0) is 17.8. The number of carbonyl (C=O) groups excluding carboxylic acids is 1. The number of phenolic OH excluding ortho intramolecular Hbond substituents is 1. The number of hydrogen-bond donors (Lipinski definition) is 3. The quantitative estimate of drug-likeness (QED) is 0.745. The summed E-state index contributed by atoms with van der Waals surface area (Å²) < 4.78 is 5.79. The molecule has 2 aromatic rings. The predicted molar refractivity (Wildman–Crippen MR) is 99.4 cm³/mol. The van der Waals surface area contributed by atoms with Gasteiger partial charge in [-0.3, -0.25) is 0 Å². The van der Waals surface area contributed by atoms with Crippen LogP contribution in [0.2, 0.25) is 0 Å². The Morgan fingerprint density at radius 2 is 1.68 bits per heavy atom. The number of morpholine rings is 1. The molecule has 6 heteroatoms. The Morgan fingerprint density at radius 3 is 2.36 bits per heavy atom. The molecule has 3 rings (SSSR count). The summed E-state index contributed by atoms with van der Waals surface area (Å²) >= 11 is 0. The Bertz CT molecular complexity index is 723. The minimum Gasteiger partial charge on any atom is -0.508 e. The fourth-order valence-electron chi connectivity index (χ4n) is 3.06. The van der Waals surface area contributed by atoms with Crippen molar-refractivity contribution in [2.75, 3.05) is 28.6 Å². The van der Waals surface area contributed by atoms with Crippen LogP contribution in [0.4, 0.5) is 21.9 Å². The van der Waals surface area contributed by atoms with Crippen LogP contribution < -0.4 is 15.5 Å². The van der Waals surface area contributed by atoms with Gasteiger partial charge in [-0.25, -0.2) is 4.79 Å². The third kappa shape index (κ3) is 4.42. The minimum absolute atomic E-state index is 0.141. The Balaban J connectivity index is 1.72. The summed E-state index contributed by atoms with van der Waals surface area (Å²) in [5.41, 5.74) is 2.34. The molecule has 25 heavy (non-hydrogen) atoms. The summed E-state index contributed by atoms with van der Waals surface area (Å²) in [5, 5.41) is 15.0. The van der Waals surface area contributed by atoms with E-state index in [0.717, 1.165) is 24.5 Å². The van der Waals surface area contributed by atoms with Crippen molar-refractivity contribution in [1.82, 2.24) is 0 Å². The summed E-state index contributed by atoms with van der Waals surface area (Å²) in [5.74, 6) is 0.159. The molecule has 0 aliphatic carbocycles. The van der Waals surface area contributed by atoms with Gasteiger partial charge in [0, 0.05) is 18.8 Å². The molecule has 1 aliphatic rings. The number of ether oxygens (including phenoxy) is 1. The zero-order valence-electron chi connectivity index (χ0n) is 14.4. The second-order valence-corrected chi connectivity index (χ2v) is 6.31. The lowest BCUT2D eigenvalue weighted by atomic mass is 10.1. The maximum Gasteiger partial charge on any atom is 0.323 e. The lowest BCUT2D eigenvalue weighted by Gasteiger charge is -2.37. The highest BCUT2D eigenvalue weighted by Gasteiger charge is 2.24. The third-order valence-electron chi connectivity index (χ3n) is 4.04. The third-order valence-corrected chi connectivity index (χ3v) is 4.04. The SMILES string of the molecule is CC1CN(c2ccccc2NC(=O)Nc2ccc(O)cc2)CC(C)O1. The summed E-state index contributed by atoms with van der Waals surface area (Å²) in [6, 6.07) is 13.8. The highest BCUT2D eigenvalue weighted by molar-refractivity contribution is 6.01. The van der Waals surface area contributed by atoms with Gasteiger partial charge >= 0.3 is 6.03 Å². The van der Waals surface area contributed by atoms with Gasteiger partial charge in [-0.15, -0.1) is 0 Å². The molecule has 0 saturated carbocycles. The second-order valence-electron chi connectivity index (χ2n) is 6.31. The number of para-hydroxylation sites is 2. The molecule has 1 heterocycles. The van der Waals surface area contributed by atoms with E-state index in [4.69, 9.17) is 4.74 Å². The van der Waals surface area contributed by atoms with Gasteiger partial charge in [-0.05, 0) is 50.2 Å². The molecule has 2 unspecified atom stereocenters. The molecule has 2 amide bonds. The number of anilines is 3. The average molecular weight is 341 g/mol. The molecule has 0 radical (unpaired) electrons. The fraction of sp³-hybridized carbons (Fsp3) is 0.316. The molecular weight excluding hydrogens is 318 g/mol. The van der Waals surface area contributed by atoms with Crippen LogP contribution >= 0.6 is 0 Å². The monoisotopic (exact) mass is 341 g/mol. The molecule has 6 nitrogen and oxygen atoms in total. The van der Waals surface area contributed by atoms with Crippen LogP contribution in [-0.2, 0) is 4.74 Å². The number of carbonyl (C=O) groups is 1. The van der Waals surface area contributed by atoms with Crippen molar-refractivity contribution in [1.29, 1.82) is 0 Å². The van der Waals surface area contributed by atoms with Crippen molar-refractivity contribution in [3.63, 3.8) is 0 Å². The lowest BCUT2D eigenvalue weighted by molar-refractivity contribution is -0.00517. The highest BCUT2D eigenvalue weighted by atomic mass is 16.5. The van der Waals surface area contributed by atoms with Crippen LogP contribution in [0, 0.1) is 0 Å². The van der Waals surface area contributed by atoms with E-state index in [9.17, 15) is 9.90 Å². The number of nitrogens with zero attached hydrogens (tertiary/aromatic N) is 1. The van der Waals surface area contributed by atoms with Crippen molar-refractivity contribution < 1.29 is 14.6 Å². The van der Waals surface area contributed by atoms with Gasteiger partial charge in [0.2, 0.25) is 0 Å². The van der Waals surface area contributed by atoms with Crippen LogP contribution in [-0.4, -0.2) is 36.4 Å². The number of urea groups is 1. The second kappa shape index (κ2) is 7.44. The first-order chi connectivity index (χ1) is 12.0. The van der Waals surface area contributed by atoms with Crippen LogP contribution in [0.25, 0.3) is 0 Å². The van der Waals surface area contributed by atoms with Gasteiger partial charge in [0.25, 0.3) is 0 Å². The van der Waals surface area contributed by atoms with Crippen molar-refractivity contribution >= 4 is 23.1 Å². The maximum absolute atomic E-state index is 12.3. The molecule has 1 aliphatic heterocycles. The summed E-state index contributed by atoms with van der Waals surface area (Å²) in [6.07, 6.45) is 0.283. The molecule has 2 atom stereocenters. The Morgan fingerprint density at radius 1 is 1.04 bits per heavy atom. The van der Waals surface area contributed by atoms with Gasteiger partial charge in [0.15, 0.2) is 0 Å². The van der Waals surface area contributed by atoms with Gasteiger partial charge < -0.3 is 25.4 Å². The first-order valence-corrected chi connectivity index (χ1v) is 8.38. The maximum atomic E-state index is 12.3. The van der Waals surface area contributed by atoms with E-state index in [2.05, 4.69) is 29.4 Å². The summed E-state index contributed by atoms with van der Waals surface area (Å²) in [7, 11) is 0. The van der Waals surface area contributed by atoms with Crippen LogP contribution in [0.15, 0.2) is 48.5 Å². The van der Waals surface area contributed by atoms with Crippen molar-refractivity contribution in [2.45, 2.75) is 26.1 Å². The number of nitrogens with one attached hydrogen (secondary N) is 2. The molecule has 3 N–H and O–H groups in total. The van der Waals surface area contributed by atoms with Crippen LogP contribution in [0.1, 0.15) is 13.8 Å². The highest BCUT2D eigenvalue weighted by Crippen LogP contribution is 2.28. The average Bonchev–Trinajstić information content (AvgIpc) is 2.56. The topological polar surface area (TPSA) is 73.8 Å². The van der Waals surface area contributed by atoms with E-state index >= 15 is 0 Å². The number of benzene rings is 2. The summed E-state index contributed by atoms with van der Waals surface area (Å²) in [4.78, 5) is 14.5. The number of amides is 2. The molecule has 132 valence electrons. The molecule has 2 aromatic carbocycles. The zero-order valence-corrected chi connectivity index (χ0v) is 14.4. The molecular formula is C19H23N3O3. The fourth-order valence-corrected chi connectivity index (χ4v) is 3.06. The van der Waals surface area contributed by atoms with Gasteiger partial charge in [0.1, 0.15) is 5.75 Å². The van der Waals surface area contributed by atoms with E-state index in [1.165, 1.54) is 12.1 Å². The van der Waals surface area contributed by atoms with Gasteiger partial charge in [-0.1, -0.05) is 12.1 Å². The normalized spacial score (nSPS) is 20.2. The Kier molecular flexibility index (Phi) is 5.09.